The highest BCUT2D eigenvalue weighted by Crippen LogP contribution is 2.29. The zero-order valence-electron chi connectivity index (χ0n) is 11.1. The Balaban J connectivity index is 2.17. The van der Waals surface area contributed by atoms with Crippen molar-refractivity contribution in [2.24, 2.45) is 0 Å². The van der Waals surface area contributed by atoms with Crippen LogP contribution in [0.15, 0.2) is 12.1 Å². The summed E-state index contributed by atoms with van der Waals surface area (Å²) in [6.07, 6.45) is 2.23. The molecule has 0 unspecified atom stereocenters. The first-order valence-corrected chi connectivity index (χ1v) is 6.47. The molecule has 1 fully saturated rings. The summed E-state index contributed by atoms with van der Waals surface area (Å²) in [7, 11) is 0. The first-order chi connectivity index (χ1) is 8.58. The number of aromatic nitrogens is 1. The number of rotatable bonds is 2. The van der Waals surface area contributed by atoms with Crippen LogP contribution in [-0.2, 0) is 0 Å². The number of fused-ring (bicyclic) bond motifs is 1. The molecule has 0 radical (unpaired) electrons. The Labute approximate surface area is 107 Å². The van der Waals surface area contributed by atoms with E-state index in [0.29, 0.717) is 6.04 Å². The lowest BCUT2D eigenvalue weighted by molar-refractivity contribution is 0.0952. The van der Waals surface area contributed by atoms with Crippen molar-refractivity contribution in [2.75, 3.05) is 0 Å². The summed E-state index contributed by atoms with van der Waals surface area (Å²) < 4.78 is 0. The molecule has 1 saturated carbocycles. The van der Waals surface area contributed by atoms with Crippen molar-refractivity contribution in [3.63, 3.8) is 0 Å². The Kier molecular flexibility index (Phi) is 2.44. The minimum Gasteiger partial charge on any atom is -0.358 e. The fourth-order valence-corrected chi connectivity index (χ4v) is 2.50. The molecule has 1 heterocycles. The molecule has 18 heavy (non-hydrogen) atoms. The van der Waals surface area contributed by atoms with Gasteiger partial charge in [0.15, 0.2) is 0 Å². The second-order valence-electron chi connectivity index (χ2n) is 5.32. The monoisotopic (exact) mass is 242 g/mol. The van der Waals surface area contributed by atoms with Gasteiger partial charge in [0.1, 0.15) is 0 Å². The number of carbonyl (C=O) groups is 1. The molecule has 1 aliphatic rings. The molecule has 1 amide bonds. The average molecular weight is 242 g/mol. The standard InChI is InChI=1S/C15H18N2O/c1-8-4-5-9(2)14-12(8)13(10(3)16-14)15(18)17-11-6-7-11/h4-5,11,16H,6-7H2,1-3H3,(H,17,18). The van der Waals surface area contributed by atoms with Crippen LogP contribution in [0, 0.1) is 20.8 Å². The van der Waals surface area contributed by atoms with Crippen LogP contribution in [-0.4, -0.2) is 16.9 Å². The van der Waals surface area contributed by atoms with Crippen molar-refractivity contribution in [1.82, 2.24) is 10.3 Å². The highest BCUT2D eigenvalue weighted by molar-refractivity contribution is 6.10. The molecule has 0 saturated heterocycles. The van der Waals surface area contributed by atoms with Gasteiger partial charge in [0, 0.05) is 22.6 Å². The summed E-state index contributed by atoms with van der Waals surface area (Å²) in [5.74, 6) is 0.0648. The first kappa shape index (κ1) is 11.3. The van der Waals surface area contributed by atoms with Crippen LogP contribution < -0.4 is 5.32 Å². The summed E-state index contributed by atoms with van der Waals surface area (Å²) in [6, 6.07) is 4.57. The Morgan fingerprint density at radius 1 is 1.22 bits per heavy atom. The fraction of sp³-hybridized carbons (Fsp3) is 0.400. The van der Waals surface area contributed by atoms with Crippen molar-refractivity contribution in [3.05, 3.63) is 34.5 Å². The van der Waals surface area contributed by atoms with Crippen LogP contribution >= 0.6 is 0 Å². The minimum absolute atomic E-state index is 0.0648. The molecule has 0 bridgehead atoms. The van der Waals surface area contributed by atoms with E-state index in [9.17, 15) is 4.79 Å². The molecular weight excluding hydrogens is 224 g/mol. The van der Waals surface area contributed by atoms with Gasteiger partial charge in [-0.3, -0.25) is 4.79 Å². The summed E-state index contributed by atoms with van der Waals surface area (Å²) in [4.78, 5) is 15.7. The number of hydrogen-bond donors (Lipinski definition) is 2. The Morgan fingerprint density at radius 3 is 2.56 bits per heavy atom. The average Bonchev–Trinajstić information content (AvgIpc) is 3.04. The normalized spacial score (nSPS) is 15.1. The lowest BCUT2D eigenvalue weighted by Gasteiger charge is -2.05. The SMILES string of the molecule is Cc1[nH]c2c(C)ccc(C)c2c1C(=O)NC1CC1. The minimum atomic E-state index is 0.0648. The Hall–Kier alpha value is -1.77. The zero-order valence-corrected chi connectivity index (χ0v) is 11.1. The van der Waals surface area contributed by atoms with E-state index < -0.39 is 0 Å². The number of nitrogens with one attached hydrogen (secondary N) is 2. The van der Waals surface area contributed by atoms with Gasteiger partial charge in [-0.1, -0.05) is 12.1 Å². The molecule has 94 valence electrons. The lowest BCUT2D eigenvalue weighted by Crippen LogP contribution is -2.25. The number of aromatic amines is 1. The molecule has 2 aromatic rings. The van der Waals surface area contributed by atoms with Crippen LogP contribution in [0.25, 0.3) is 10.9 Å². The largest absolute Gasteiger partial charge is 0.358 e. The van der Waals surface area contributed by atoms with Gasteiger partial charge in [0.2, 0.25) is 0 Å². The van der Waals surface area contributed by atoms with E-state index in [1.165, 1.54) is 5.56 Å². The van der Waals surface area contributed by atoms with Crippen LogP contribution in [0.4, 0.5) is 0 Å². The van der Waals surface area contributed by atoms with E-state index in [1.807, 2.05) is 6.92 Å². The Morgan fingerprint density at radius 2 is 1.89 bits per heavy atom. The third kappa shape index (κ3) is 1.70. The first-order valence-electron chi connectivity index (χ1n) is 6.47. The van der Waals surface area contributed by atoms with Gasteiger partial charge in [-0.15, -0.1) is 0 Å². The van der Waals surface area contributed by atoms with Gasteiger partial charge < -0.3 is 10.3 Å². The molecule has 1 aliphatic carbocycles. The molecule has 2 N–H and O–H groups in total. The van der Waals surface area contributed by atoms with Crippen molar-refractivity contribution in [1.29, 1.82) is 0 Å². The predicted molar refractivity (Wildman–Crippen MR) is 73.0 cm³/mol. The van der Waals surface area contributed by atoms with Crippen molar-refractivity contribution < 1.29 is 4.79 Å². The molecule has 0 spiro atoms. The van der Waals surface area contributed by atoms with Crippen molar-refractivity contribution >= 4 is 16.8 Å². The molecule has 1 aromatic carbocycles. The summed E-state index contributed by atoms with van der Waals surface area (Å²) >= 11 is 0. The van der Waals surface area contributed by atoms with E-state index >= 15 is 0 Å². The van der Waals surface area contributed by atoms with Crippen molar-refractivity contribution in [2.45, 2.75) is 39.7 Å². The van der Waals surface area contributed by atoms with E-state index in [0.717, 1.165) is 40.6 Å². The summed E-state index contributed by atoms with van der Waals surface area (Å²) in [5, 5.41) is 4.15. The number of benzene rings is 1. The second kappa shape index (κ2) is 3.87. The van der Waals surface area contributed by atoms with Gasteiger partial charge in [-0.25, -0.2) is 0 Å². The van der Waals surface area contributed by atoms with Crippen LogP contribution in [0.1, 0.15) is 40.0 Å². The van der Waals surface area contributed by atoms with Crippen LogP contribution in [0.2, 0.25) is 0 Å². The predicted octanol–water partition coefficient (Wildman–Crippen LogP) is 2.99. The molecule has 0 aliphatic heterocycles. The lowest BCUT2D eigenvalue weighted by atomic mass is 10.0. The second-order valence-corrected chi connectivity index (χ2v) is 5.32. The molecular formula is C15H18N2O. The van der Waals surface area contributed by atoms with E-state index in [1.54, 1.807) is 0 Å². The highest BCUT2D eigenvalue weighted by Gasteiger charge is 2.26. The summed E-state index contributed by atoms with van der Waals surface area (Å²) in [5.41, 5.74) is 5.21. The quantitative estimate of drug-likeness (QED) is 0.835. The van der Waals surface area contributed by atoms with Gasteiger partial charge >= 0.3 is 0 Å². The number of aryl methyl sites for hydroxylation is 3. The molecule has 0 atom stereocenters. The highest BCUT2D eigenvalue weighted by atomic mass is 16.1. The number of amides is 1. The van der Waals surface area contributed by atoms with Gasteiger partial charge in [0.05, 0.1) is 5.56 Å². The molecule has 3 nitrogen and oxygen atoms in total. The van der Waals surface area contributed by atoms with E-state index in [2.05, 4.69) is 36.3 Å². The van der Waals surface area contributed by atoms with Gasteiger partial charge in [-0.2, -0.15) is 0 Å². The van der Waals surface area contributed by atoms with Gasteiger partial charge in [0.25, 0.3) is 5.91 Å². The maximum atomic E-state index is 12.3. The van der Waals surface area contributed by atoms with Crippen molar-refractivity contribution in [3.8, 4) is 0 Å². The third-order valence-electron chi connectivity index (χ3n) is 3.70. The zero-order chi connectivity index (χ0) is 12.9. The van der Waals surface area contributed by atoms with E-state index in [-0.39, 0.29) is 5.91 Å². The maximum absolute atomic E-state index is 12.3. The molecule has 3 rings (SSSR count). The van der Waals surface area contributed by atoms with Crippen LogP contribution in [0.5, 0.6) is 0 Å². The number of hydrogen-bond acceptors (Lipinski definition) is 1. The fourth-order valence-electron chi connectivity index (χ4n) is 2.50. The number of carbonyl (C=O) groups excluding carboxylic acids is 1. The topological polar surface area (TPSA) is 44.9 Å². The molecule has 3 heteroatoms. The van der Waals surface area contributed by atoms with Crippen LogP contribution in [0.3, 0.4) is 0 Å². The van der Waals surface area contributed by atoms with E-state index in [4.69, 9.17) is 0 Å². The number of H-pyrrole nitrogens is 1. The smallest absolute Gasteiger partial charge is 0.253 e. The Bertz CT molecular complexity index is 635. The van der Waals surface area contributed by atoms with Gasteiger partial charge in [-0.05, 0) is 44.7 Å². The summed E-state index contributed by atoms with van der Waals surface area (Å²) in [6.45, 7) is 6.10. The third-order valence-corrected chi connectivity index (χ3v) is 3.70. The molecule has 1 aromatic heterocycles. The maximum Gasteiger partial charge on any atom is 0.253 e.